The number of carbonyl (C=O) groups excluding carboxylic acids is 2. The van der Waals surface area contributed by atoms with Crippen molar-refractivity contribution in [2.24, 2.45) is 0 Å². The van der Waals surface area contributed by atoms with Crippen LogP contribution in [0.4, 0.5) is 4.79 Å². The summed E-state index contributed by atoms with van der Waals surface area (Å²) in [6, 6.07) is 9.55. The van der Waals surface area contributed by atoms with E-state index < -0.39 is 0 Å². The van der Waals surface area contributed by atoms with Crippen LogP contribution in [0, 0.1) is 0 Å². The molecule has 7 nitrogen and oxygen atoms in total. The highest BCUT2D eigenvalue weighted by molar-refractivity contribution is 5.84. The molecule has 0 spiro atoms. The molecule has 0 radical (unpaired) electrons. The zero-order valence-electron chi connectivity index (χ0n) is 14.3. The molecule has 25 heavy (non-hydrogen) atoms. The molecule has 3 rings (SSSR count). The minimum atomic E-state index is -0.355. The number of H-pyrrole nitrogens is 1. The lowest BCUT2D eigenvalue weighted by atomic mass is 10.0. The average Bonchev–Trinajstić information content (AvgIpc) is 3.16. The Balaban J connectivity index is 1.74. The summed E-state index contributed by atoms with van der Waals surface area (Å²) in [7, 11) is 1.53. The lowest BCUT2D eigenvalue weighted by Gasteiger charge is -2.34. The van der Waals surface area contributed by atoms with Crippen molar-refractivity contribution >= 4 is 11.9 Å². The first-order valence-corrected chi connectivity index (χ1v) is 8.54. The van der Waals surface area contributed by atoms with Crippen LogP contribution in [0.1, 0.15) is 31.1 Å². The van der Waals surface area contributed by atoms with Crippen LogP contribution < -0.4 is 10.6 Å². The van der Waals surface area contributed by atoms with Gasteiger partial charge in [-0.2, -0.15) is 0 Å². The van der Waals surface area contributed by atoms with Gasteiger partial charge in [-0.25, -0.2) is 9.78 Å². The van der Waals surface area contributed by atoms with Crippen molar-refractivity contribution in [2.75, 3.05) is 20.1 Å². The quantitative estimate of drug-likeness (QED) is 0.795. The summed E-state index contributed by atoms with van der Waals surface area (Å²) in [6.45, 7) is 0.669. The maximum atomic E-state index is 12.5. The average molecular weight is 341 g/mol. The van der Waals surface area contributed by atoms with Gasteiger partial charge in [-0.15, -0.1) is 0 Å². The summed E-state index contributed by atoms with van der Waals surface area (Å²) in [6.07, 6.45) is 4.70. The van der Waals surface area contributed by atoms with Gasteiger partial charge in [0, 0.05) is 13.6 Å². The highest BCUT2D eigenvalue weighted by Gasteiger charge is 2.30. The van der Waals surface area contributed by atoms with Crippen LogP contribution >= 0.6 is 0 Å². The third-order valence-electron chi connectivity index (χ3n) is 4.45. The lowest BCUT2D eigenvalue weighted by molar-refractivity contribution is -0.134. The van der Waals surface area contributed by atoms with Gasteiger partial charge in [-0.05, 0) is 24.8 Å². The van der Waals surface area contributed by atoms with Crippen molar-refractivity contribution < 1.29 is 9.59 Å². The molecule has 132 valence electrons. The summed E-state index contributed by atoms with van der Waals surface area (Å²) in [5, 5.41) is 5.01. The summed E-state index contributed by atoms with van der Waals surface area (Å²) < 4.78 is 0. The largest absolute Gasteiger partial charge is 0.341 e. The fourth-order valence-electron chi connectivity index (χ4n) is 3.13. The molecule has 0 saturated carbocycles. The third-order valence-corrected chi connectivity index (χ3v) is 4.45. The van der Waals surface area contributed by atoms with E-state index in [-0.39, 0.29) is 24.5 Å². The normalized spacial score (nSPS) is 17.2. The monoisotopic (exact) mass is 341 g/mol. The number of urea groups is 1. The van der Waals surface area contributed by atoms with Crippen molar-refractivity contribution in [1.82, 2.24) is 25.5 Å². The number of nitrogens with zero attached hydrogens (tertiary/aromatic N) is 2. The van der Waals surface area contributed by atoms with Gasteiger partial charge in [0.05, 0.1) is 24.5 Å². The molecule has 7 heteroatoms. The molecular weight excluding hydrogens is 318 g/mol. The second kappa shape index (κ2) is 7.83. The van der Waals surface area contributed by atoms with E-state index in [0.717, 1.165) is 36.3 Å². The molecule has 3 amide bonds. The topological polar surface area (TPSA) is 90.1 Å². The third kappa shape index (κ3) is 3.99. The molecule has 1 aromatic carbocycles. The lowest BCUT2D eigenvalue weighted by Crippen LogP contribution is -2.46. The van der Waals surface area contributed by atoms with Crippen LogP contribution in [0.2, 0.25) is 0 Å². The van der Waals surface area contributed by atoms with Gasteiger partial charge in [-0.1, -0.05) is 30.3 Å². The molecule has 1 saturated heterocycles. The zero-order valence-corrected chi connectivity index (χ0v) is 14.3. The Morgan fingerprint density at radius 3 is 2.84 bits per heavy atom. The van der Waals surface area contributed by atoms with Gasteiger partial charge < -0.3 is 20.5 Å². The van der Waals surface area contributed by atoms with E-state index in [1.54, 1.807) is 0 Å². The summed E-state index contributed by atoms with van der Waals surface area (Å²) in [4.78, 5) is 33.5. The fourth-order valence-corrected chi connectivity index (χ4v) is 3.13. The molecule has 1 fully saturated rings. The van der Waals surface area contributed by atoms with E-state index in [2.05, 4.69) is 20.6 Å². The fraction of sp³-hybridized carbons (Fsp3) is 0.389. The molecular formula is C18H23N5O2. The number of piperidine rings is 1. The van der Waals surface area contributed by atoms with Gasteiger partial charge in [0.2, 0.25) is 5.91 Å². The zero-order chi connectivity index (χ0) is 17.6. The summed E-state index contributed by atoms with van der Waals surface area (Å²) >= 11 is 0. The number of likely N-dealkylation sites (tertiary alicyclic amines) is 1. The molecule has 2 heterocycles. The molecule has 1 aliphatic heterocycles. The standard InChI is InChI=1S/C18H23N5O2/c1-19-18(25)21-12-16(24)23-10-6-5-9-15(23)17-20-11-14(22-17)13-7-3-2-4-8-13/h2-4,7-8,11,15H,5-6,9-10,12H2,1H3,(H,20,22)(H2,19,21,25)/t15-/m0/s1. The van der Waals surface area contributed by atoms with Crippen LogP contribution in [0.25, 0.3) is 11.3 Å². The molecule has 1 aromatic heterocycles. The van der Waals surface area contributed by atoms with Gasteiger partial charge in [0.1, 0.15) is 5.82 Å². The first kappa shape index (κ1) is 17.0. The van der Waals surface area contributed by atoms with E-state index in [0.29, 0.717) is 6.54 Å². The van der Waals surface area contributed by atoms with E-state index in [9.17, 15) is 9.59 Å². The van der Waals surface area contributed by atoms with Gasteiger partial charge in [-0.3, -0.25) is 4.79 Å². The van der Waals surface area contributed by atoms with Gasteiger partial charge in [0.25, 0.3) is 0 Å². The Bertz CT molecular complexity index is 728. The Hall–Kier alpha value is -2.83. The molecule has 3 N–H and O–H groups in total. The number of nitrogens with one attached hydrogen (secondary N) is 3. The number of imidazole rings is 1. The molecule has 0 bridgehead atoms. The maximum Gasteiger partial charge on any atom is 0.314 e. The first-order chi connectivity index (χ1) is 12.2. The van der Waals surface area contributed by atoms with Crippen LogP contribution in [-0.2, 0) is 4.79 Å². The second-order valence-electron chi connectivity index (χ2n) is 6.08. The molecule has 2 aromatic rings. The SMILES string of the molecule is CNC(=O)NCC(=O)N1CCCC[C@H]1c1ncc(-c2ccccc2)[nH]1. The van der Waals surface area contributed by atoms with Crippen LogP contribution in [0.15, 0.2) is 36.5 Å². The van der Waals surface area contributed by atoms with Gasteiger partial charge >= 0.3 is 6.03 Å². The van der Waals surface area contributed by atoms with E-state index in [1.807, 2.05) is 41.4 Å². The Morgan fingerprint density at radius 2 is 2.08 bits per heavy atom. The van der Waals surface area contributed by atoms with Crippen LogP contribution in [-0.4, -0.2) is 46.9 Å². The van der Waals surface area contributed by atoms with Crippen molar-refractivity contribution in [3.63, 3.8) is 0 Å². The number of hydrogen-bond donors (Lipinski definition) is 3. The number of rotatable bonds is 4. The summed E-state index contributed by atoms with van der Waals surface area (Å²) in [5.74, 6) is 0.706. The van der Waals surface area contributed by atoms with Crippen molar-refractivity contribution in [1.29, 1.82) is 0 Å². The number of hydrogen-bond acceptors (Lipinski definition) is 3. The molecule has 1 atom stereocenters. The number of benzene rings is 1. The summed E-state index contributed by atoms with van der Waals surface area (Å²) in [5.41, 5.74) is 2.01. The highest BCUT2D eigenvalue weighted by Crippen LogP contribution is 2.30. The van der Waals surface area contributed by atoms with Crippen molar-refractivity contribution in [3.05, 3.63) is 42.4 Å². The molecule has 0 aliphatic carbocycles. The Labute approximate surface area is 146 Å². The van der Waals surface area contributed by atoms with Gasteiger partial charge in [0.15, 0.2) is 0 Å². The maximum absolute atomic E-state index is 12.5. The van der Waals surface area contributed by atoms with E-state index in [4.69, 9.17) is 0 Å². The minimum absolute atomic E-state index is 0.0115. The predicted molar refractivity (Wildman–Crippen MR) is 94.8 cm³/mol. The number of aromatic nitrogens is 2. The van der Waals surface area contributed by atoms with Crippen molar-refractivity contribution in [2.45, 2.75) is 25.3 Å². The smallest absolute Gasteiger partial charge is 0.314 e. The minimum Gasteiger partial charge on any atom is -0.341 e. The first-order valence-electron chi connectivity index (χ1n) is 8.54. The van der Waals surface area contributed by atoms with Crippen LogP contribution in [0.3, 0.4) is 0 Å². The number of aromatic amines is 1. The van der Waals surface area contributed by atoms with Crippen molar-refractivity contribution in [3.8, 4) is 11.3 Å². The van der Waals surface area contributed by atoms with Crippen LogP contribution in [0.5, 0.6) is 0 Å². The second-order valence-corrected chi connectivity index (χ2v) is 6.08. The predicted octanol–water partition coefficient (Wildman–Crippen LogP) is 2.06. The number of amides is 3. The Kier molecular flexibility index (Phi) is 5.33. The molecule has 1 aliphatic rings. The van der Waals surface area contributed by atoms with E-state index in [1.165, 1.54) is 7.05 Å². The Morgan fingerprint density at radius 1 is 1.28 bits per heavy atom. The number of carbonyl (C=O) groups is 2. The molecule has 0 unspecified atom stereocenters. The van der Waals surface area contributed by atoms with E-state index >= 15 is 0 Å². The highest BCUT2D eigenvalue weighted by atomic mass is 16.2.